The Kier molecular flexibility index (Phi) is 6.91. The summed E-state index contributed by atoms with van der Waals surface area (Å²) in [4.78, 5) is 12.5. The van der Waals surface area contributed by atoms with Crippen molar-refractivity contribution in [2.45, 2.75) is 90.0 Å². The van der Waals surface area contributed by atoms with Gasteiger partial charge < -0.3 is 10.5 Å². The summed E-state index contributed by atoms with van der Waals surface area (Å²) >= 11 is 0. The van der Waals surface area contributed by atoms with Crippen molar-refractivity contribution in [3.8, 4) is 5.75 Å². The predicted octanol–water partition coefficient (Wildman–Crippen LogP) is 5.49. The van der Waals surface area contributed by atoms with Crippen molar-refractivity contribution in [1.29, 1.82) is 0 Å². The van der Waals surface area contributed by atoms with Gasteiger partial charge in [-0.05, 0) is 61.1 Å². The molecule has 1 aromatic carbocycles. The van der Waals surface area contributed by atoms with E-state index in [4.69, 9.17) is 10.5 Å². The van der Waals surface area contributed by atoms with Gasteiger partial charge in [-0.3, -0.25) is 4.79 Å². The van der Waals surface area contributed by atoms with Gasteiger partial charge in [-0.1, -0.05) is 46.0 Å². The Morgan fingerprint density at radius 1 is 1.15 bits per heavy atom. The second-order valence-electron chi connectivity index (χ2n) is 8.45. The van der Waals surface area contributed by atoms with Gasteiger partial charge in [0.15, 0.2) is 0 Å². The number of ether oxygens (including phenoxy) is 1. The van der Waals surface area contributed by atoms with Crippen LogP contribution in [0.2, 0.25) is 0 Å². The molecule has 0 aliphatic heterocycles. The summed E-state index contributed by atoms with van der Waals surface area (Å²) in [6.07, 6.45) is 9.82. The summed E-state index contributed by atoms with van der Waals surface area (Å²) in [7, 11) is 0. The first-order valence-electron chi connectivity index (χ1n) is 10.8. The van der Waals surface area contributed by atoms with Crippen molar-refractivity contribution in [2.24, 2.45) is 17.6 Å². The molecule has 0 spiro atoms. The van der Waals surface area contributed by atoms with Crippen LogP contribution in [0.4, 0.5) is 4.39 Å². The third kappa shape index (κ3) is 4.53. The van der Waals surface area contributed by atoms with E-state index in [1.54, 1.807) is 0 Å². The number of hydrogen-bond acceptors (Lipinski definition) is 3. The van der Waals surface area contributed by atoms with Crippen LogP contribution in [0.5, 0.6) is 5.75 Å². The van der Waals surface area contributed by atoms with Crippen LogP contribution in [0.25, 0.3) is 0 Å². The number of fused-ring (bicyclic) bond motifs is 1. The smallest absolute Gasteiger partial charge is 0.314 e. The highest BCUT2D eigenvalue weighted by atomic mass is 19.1. The topological polar surface area (TPSA) is 52.3 Å². The molecule has 0 amide bonds. The molecule has 1 saturated carbocycles. The monoisotopic (exact) mass is 375 g/mol. The molecule has 3 nitrogen and oxygen atoms in total. The Morgan fingerprint density at radius 3 is 2.52 bits per heavy atom. The van der Waals surface area contributed by atoms with Crippen LogP contribution >= 0.6 is 0 Å². The Morgan fingerprint density at radius 2 is 1.85 bits per heavy atom. The molecular weight excluding hydrogens is 341 g/mol. The number of nitrogens with two attached hydrogens (primary N) is 1. The third-order valence-corrected chi connectivity index (χ3v) is 6.49. The molecule has 0 saturated heterocycles. The fourth-order valence-electron chi connectivity index (χ4n) is 5.03. The van der Waals surface area contributed by atoms with Crippen LogP contribution in [0.3, 0.4) is 0 Å². The normalized spacial score (nSPS) is 25.9. The van der Waals surface area contributed by atoms with Gasteiger partial charge in [0.25, 0.3) is 0 Å². The highest BCUT2D eigenvalue weighted by Gasteiger charge is 2.35. The van der Waals surface area contributed by atoms with Gasteiger partial charge in [0.2, 0.25) is 0 Å². The Hall–Kier alpha value is -1.42. The molecule has 1 fully saturated rings. The molecule has 0 aromatic heterocycles. The van der Waals surface area contributed by atoms with E-state index in [1.807, 2.05) is 6.07 Å². The number of esters is 1. The van der Waals surface area contributed by atoms with E-state index in [0.717, 1.165) is 62.5 Å². The fraction of sp³-hybridized carbons (Fsp3) is 0.696. The zero-order chi connectivity index (χ0) is 19.4. The van der Waals surface area contributed by atoms with E-state index in [0.29, 0.717) is 18.1 Å². The van der Waals surface area contributed by atoms with Gasteiger partial charge in [0.05, 0.1) is 5.92 Å². The van der Waals surface area contributed by atoms with Crippen LogP contribution in [-0.4, -0.2) is 12.0 Å². The minimum atomic E-state index is -0.243. The quantitative estimate of drug-likeness (QED) is 0.528. The third-order valence-electron chi connectivity index (χ3n) is 6.49. The molecule has 3 rings (SSSR count). The van der Waals surface area contributed by atoms with Crippen molar-refractivity contribution in [2.75, 3.05) is 0 Å². The summed E-state index contributed by atoms with van der Waals surface area (Å²) in [6.45, 7) is 4.29. The van der Waals surface area contributed by atoms with Crippen molar-refractivity contribution in [3.05, 3.63) is 29.1 Å². The zero-order valence-corrected chi connectivity index (χ0v) is 16.8. The number of benzene rings is 1. The lowest BCUT2D eigenvalue weighted by molar-refractivity contribution is -0.140. The Balaban J connectivity index is 1.85. The first-order chi connectivity index (χ1) is 13.0. The minimum Gasteiger partial charge on any atom is -0.426 e. The van der Waals surface area contributed by atoms with Gasteiger partial charge >= 0.3 is 5.97 Å². The lowest BCUT2D eigenvalue weighted by atomic mass is 9.70. The van der Waals surface area contributed by atoms with E-state index >= 15 is 0 Å². The van der Waals surface area contributed by atoms with Gasteiger partial charge in [-0.25, -0.2) is 4.39 Å². The van der Waals surface area contributed by atoms with E-state index in [9.17, 15) is 9.18 Å². The maximum Gasteiger partial charge on any atom is 0.314 e. The van der Waals surface area contributed by atoms with Crippen molar-refractivity contribution >= 4 is 5.97 Å². The molecule has 150 valence electrons. The number of halogens is 1. The largest absolute Gasteiger partial charge is 0.426 e. The second-order valence-corrected chi connectivity index (χ2v) is 8.45. The van der Waals surface area contributed by atoms with E-state index in [2.05, 4.69) is 13.8 Å². The lowest BCUT2D eigenvalue weighted by Gasteiger charge is -2.38. The molecule has 2 N–H and O–H groups in total. The fourth-order valence-corrected chi connectivity index (χ4v) is 5.03. The zero-order valence-electron chi connectivity index (χ0n) is 16.8. The second kappa shape index (κ2) is 9.18. The summed E-state index contributed by atoms with van der Waals surface area (Å²) in [5.74, 6) is 0.324. The lowest BCUT2D eigenvalue weighted by Crippen LogP contribution is -2.41. The number of carbonyl (C=O) groups is 1. The van der Waals surface area contributed by atoms with Crippen molar-refractivity contribution in [1.82, 2.24) is 0 Å². The molecule has 3 atom stereocenters. The number of rotatable bonds is 6. The number of carbonyl (C=O) groups excluding carboxylic acids is 1. The first kappa shape index (κ1) is 20.3. The molecular formula is C23H34FNO2. The van der Waals surface area contributed by atoms with Crippen LogP contribution in [0.15, 0.2) is 12.1 Å². The molecule has 27 heavy (non-hydrogen) atoms. The molecule has 1 aromatic rings. The molecule has 2 aliphatic rings. The van der Waals surface area contributed by atoms with E-state index < -0.39 is 0 Å². The van der Waals surface area contributed by atoms with Crippen LogP contribution < -0.4 is 10.5 Å². The molecule has 0 bridgehead atoms. The maximum atomic E-state index is 14.9. The molecule has 2 aliphatic carbocycles. The van der Waals surface area contributed by atoms with Crippen LogP contribution in [-0.2, 0) is 11.2 Å². The van der Waals surface area contributed by atoms with Crippen LogP contribution in [0.1, 0.15) is 88.7 Å². The van der Waals surface area contributed by atoms with E-state index in [1.165, 1.54) is 12.5 Å². The summed E-state index contributed by atoms with van der Waals surface area (Å²) < 4.78 is 20.6. The Labute approximate surface area is 162 Å². The highest BCUT2D eigenvalue weighted by molar-refractivity contribution is 5.75. The van der Waals surface area contributed by atoms with E-state index in [-0.39, 0.29) is 29.7 Å². The molecule has 3 unspecified atom stereocenters. The van der Waals surface area contributed by atoms with Gasteiger partial charge in [-0.15, -0.1) is 0 Å². The summed E-state index contributed by atoms with van der Waals surface area (Å²) in [5, 5.41) is 0. The maximum absolute atomic E-state index is 14.9. The molecule has 4 heteroatoms. The standard InChI is InChI=1S/C23H34FNO2/c1-3-8-16-12-20-19(18(9-4-2)22(16)25)13-17(14-21(20)24)27-23(26)15-10-6-5-7-11-15/h13-16,18,22H,3-12,25H2,1-2H3. The summed E-state index contributed by atoms with van der Waals surface area (Å²) in [5.41, 5.74) is 8.34. The minimum absolute atomic E-state index is 0.0412. The molecule has 0 radical (unpaired) electrons. The highest BCUT2D eigenvalue weighted by Crippen LogP contribution is 2.41. The predicted molar refractivity (Wildman–Crippen MR) is 106 cm³/mol. The summed E-state index contributed by atoms with van der Waals surface area (Å²) in [6, 6.07) is 3.34. The van der Waals surface area contributed by atoms with Crippen molar-refractivity contribution < 1.29 is 13.9 Å². The molecule has 0 heterocycles. The van der Waals surface area contributed by atoms with Crippen LogP contribution in [0, 0.1) is 17.7 Å². The SMILES string of the molecule is CCCC1Cc2c(F)cc(OC(=O)C3CCCCC3)cc2C(CCC)C1N. The number of hydrogen-bond donors (Lipinski definition) is 1. The van der Waals surface area contributed by atoms with Gasteiger partial charge in [0, 0.05) is 12.1 Å². The van der Waals surface area contributed by atoms with Crippen molar-refractivity contribution in [3.63, 3.8) is 0 Å². The first-order valence-corrected chi connectivity index (χ1v) is 10.8. The average molecular weight is 376 g/mol. The Bertz CT molecular complexity index is 654. The van der Waals surface area contributed by atoms with Gasteiger partial charge in [-0.2, -0.15) is 0 Å². The average Bonchev–Trinajstić information content (AvgIpc) is 2.66. The van der Waals surface area contributed by atoms with Gasteiger partial charge in [0.1, 0.15) is 11.6 Å².